The number of aromatic nitrogens is 1. The number of nitrogens with one attached hydrogen (secondary N) is 1. The number of sulfone groups is 1. The van der Waals surface area contributed by atoms with Crippen molar-refractivity contribution in [3.8, 4) is 11.1 Å². The summed E-state index contributed by atoms with van der Waals surface area (Å²) in [5.41, 5.74) is 7.05. The fraction of sp³-hybridized carbons (Fsp3) is 0.130. The number of nitrogens with two attached hydrogens (primary N) is 1. The molecule has 8 heteroatoms. The Bertz CT molecular complexity index is 1340. The van der Waals surface area contributed by atoms with E-state index in [0.717, 1.165) is 12.1 Å². The van der Waals surface area contributed by atoms with Gasteiger partial charge in [0, 0.05) is 10.9 Å². The van der Waals surface area contributed by atoms with Crippen molar-refractivity contribution in [1.82, 2.24) is 4.98 Å². The Labute approximate surface area is 177 Å². The van der Waals surface area contributed by atoms with Crippen molar-refractivity contribution in [3.05, 3.63) is 83.9 Å². The van der Waals surface area contributed by atoms with Crippen LogP contribution in [0, 0.1) is 0 Å². The zero-order valence-corrected chi connectivity index (χ0v) is 17.1. The molecule has 0 bridgehead atoms. The van der Waals surface area contributed by atoms with Crippen molar-refractivity contribution in [2.75, 3.05) is 6.54 Å². The van der Waals surface area contributed by atoms with Crippen LogP contribution in [0.1, 0.15) is 11.1 Å². The van der Waals surface area contributed by atoms with Gasteiger partial charge in [0.2, 0.25) is 9.84 Å². The van der Waals surface area contributed by atoms with E-state index in [1.807, 2.05) is 0 Å². The Morgan fingerprint density at radius 3 is 2.26 bits per heavy atom. The molecule has 0 aliphatic carbocycles. The smallest absolute Gasteiger partial charge is 0.345 e. The summed E-state index contributed by atoms with van der Waals surface area (Å²) in [5, 5.41) is 0.676. The summed E-state index contributed by atoms with van der Waals surface area (Å²) in [6.45, 7) is 0.220. The molecule has 4 aromatic rings. The van der Waals surface area contributed by atoms with Crippen LogP contribution >= 0.6 is 0 Å². The summed E-state index contributed by atoms with van der Waals surface area (Å²) in [7, 11) is -3.82. The molecule has 0 aliphatic heterocycles. The van der Waals surface area contributed by atoms with Crippen LogP contribution in [0.2, 0.25) is 0 Å². The van der Waals surface area contributed by atoms with Crippen LogP contribution in [-0.2, 0) is 22.4 Å². The lowest BCUT2D eigenvalue weighted by Crippen LogP contribution is -2.09. The van der Waals surface area contributed by atoms with E-state index in [9.17, 15) is 21.6 Å². The van der Waals surface area contributed by atoms with Gasteiger partial charge in [0.05, 0.1) is 10.5 Å². The molecule has 0 atom stereocenters. The minimum Gasteiger partial charge on any atom is -0.345 e. The van der Waals surface area contributed by atoms with E-state index in [1.165, 1.54) is 18.2 Å². The van der Waals surface area contributed by atoms with Crippen LogP contribution in [0.25, 0.3) is 22.0 Å². The topological polar surface area (TPSA) is 76.0 Å². The molecule has 4 rings (SSSR count). The molecular formula is C23H19F3N2O2S. The summed E-state index contributed by atoms with van der Waals surface area (Å²) < 4.78 is 65.8. The largest absolute Gasteiger partial charge is 0.416 e. The lowest BCUT2D eigenvalue weighted by atomic mass is 10.00. The highest BCUT2D eigenvalue weighted by molar-refractivity contribution is 7.91. The molecule has 31 heavy (non-hydrogen) atoms. The molecule has 0 saturated carbocycles. The van der Waals surface area contributed by atoms with Crippen LogP contribution in [-0.4, -0.2) is 19.9 Å². The van der Waals surface area contributed by atoms with Gasteiger partial charge in [-0.3, -0.25) is 0 Å². The average Bonchev–Trinajstić information content (AvgIpc) is 3.13. The highest BCUT2D eigenvalue weighted by atomic mass is 32.2. The predicted molar refractivity (Wildman–Crippen MR) is 113 cm³/mol. The molecule has 0 fully saturated rings. The summed E-state index contributed by atoms with van der Waals surface area (Å²) in [5.74, 6) is 0. The van der Waals surface area contributed by atoms with Gasteiger partial charge in [-0.1, -0.05) is 36.4 Å². The fourth-order valence-electron chi connectivity index (χ4n) is 3.62. The van der Waals surface area contributed by atoms with E-state index < -0.39 is 21.6 Å². The van der Waals surface area contributed by atoms with Gasteiger partial charge in [-0.05, 0) is 66.1 Å². The third-order valence-electron chi connectivity index (χ3n) is 5.11. The van der Waals surface area contributed by atoms with E-state index >= 15 is 0 Å². The molecule has 3 N–H and O–H groups in total. The second-order valence-electron chi connectivity index (χ2n) is 7.13. The van der Waals surface area contributed by atoms with Crippen LogP contribution in [0.4, 0.5) is 13.2 Å². The number of alkyl halides is 3. The van der Waals surface area contributed by atoms with Crippen molar-refractivity contribution < 1.29 is 21.6 Å². The first-order valence-corrected chi connectivity index (χ1v) is 11.0. The zero-order chi connectivity index (χ0) is 22.2. The second-order valence-corrected chi connectivity index (χ2v) is 9.01. The Hall–Kier alpha value is -3.10. The maximum atomic E-state index is 13.2. The van der Waals surface area contributed by atoms with Gasteiger partial charge in [0.25, 0.3) is 0 Å². The summed E-state index contributed by atoms with van der Waals surface area (Å²) in [4.78, 5) is 3.13. The van der Waals surface area contributed by atoms with Crippen LogP contribution in [0.5, 0.6) is 0 Å². The molecule has 0 unspecified atom stereocenters. The number of fused-ring (bicyclic) bond motifs is 1. The lowest BCUT2D eigenvalue weighted by Gasteiger charge is -2.09. The van der Waals surface area contributed by atoms with Gasteiger partial charge in [-0.15, -0.1) is 0 Å². The van der Waals surface area contributed by atoms with Crippen molar-refractivity contribution >= 4 is 20.7 Å². The third kappa shape index (κ3) is 3.96. The van der Waals surface area contributed by atoms with Crippen molar-refractivity contribution in [1.29, 1.82) is 0 Å². The summed E-state index contributed by atoms with van der Waals surface area (Å²) in [6, 6.07) is 18.1. The predicted octanol–water partition coefficient (Wildman–Crippen LogP) is 5.19. The highest BCUT2D eigenvalue weighted by Crippen LogP contribution is 2.35. The molecule has 0 spiro atoms. The van der Waals surface area contributed by atoms with E-state index in [1.54, 1.807) is 42.5 Å². The standard InChI is InChI=1S/C23H19F3N2O2S/c24-23(25,26)17-6-4-5-15(13-17)16-9-10-21-20(14-16)19(11-12-27)22(28-21)31(29,30)18-7-2-1-3-8-18/h1-10,13-14,28H,11-12,27H2. The minimum atomic E-state index is -4.45. The minimum absolute atomic E-state index is 0.0559. The second kappa shape index (κ2) is 7.86. The molecule has 3 aromatic carbocycles. The number of halogens is 3. The highest BCUT2D eigenvalue weighted by Gasteiger charge is 2.30. The molecule has 0 amide bonds. The molecule has 4 nitrogen and oxygen atoms in total. The molecule has 0 radical (unpaired) electrons. The van der Waals surface area contributed by atoms with Gasteiger partial charge in [0.15, 0.2) is 0 Å². The van der Waals surface area contributed by atoms with E-state index in [0.29, 0.717) is 34.0 Å². The first kappa shape index (κ1) is 21.1. The maximum absolute atomic E-state index is 13.2. The van der Waals surface area contributed by atoms with Gasteiger partial charge in [-0.2, -0.15) is 13.2 Å². The van der Waals surface area contributed by atoms with Crippen LogP contribution in [0.3, 0.4) is 0 Å². The van der Waals surface area contributed by atoms with Gasteiger partial charge < -0.3 is 10.7 Å². The number of benzene rings is 3. The number of hydrogen-bond acceptors (Lipinski definition) is 3. The monoisotopic (exact) mass is 444 g/mol. The fourth-order valence-corrected chi connectivity index (χ4v) is 5.15. The first-order valence-electron chi connectivity index (χ1n) is 9.54. The molecule has 1 aromatic heterocycles. The Morgan fingerprint density at radius 1 is 0.871 bits per heavy atom. The van der Waals surface area contributed by atoms with E-state index in [4.69, 9.17) is 5.73 Å². The first-order chi connectivity index (χ1) is 14.7. The number of rotatable bonds is 5. The Balaban J connectivity index is 1.89. The van der Waals surface area contributed by atoms with Gasteiger partial charge in [0.1, 0.15) is 5.03 Å². The van der Waals surface area contributed by atoms with E-state index in [2.05, 4.69) is 4.98 Å². The van der Waals surface area contributed by atoms with Crippen molar-refractivity contribution in [3.63, 3.8) is 0 Å². The van der Waals surface area contributed by atoms with Crippen LogP contribution in [0.15, 0.2) is 82.7 Å². The van der Waals surface area contributed by atoms with Crippen molar-refractivity contribution in [2.24, 2.45) is 5.73 Å². The third-order valence-corrected chi connectivity index (χ3v) is 6.89. The van der Waals surface area contributed by atoms with Crippen LogP contribution < -0.4 is 5.73 Å². The molecule has 1 heterocycles. The van der Waals surface area contributed by atoms with Gasteiger partial charge in [-0.25, -0.2) is 8.42 Å². The van der Waals surface area contributed by atoms with E-state index in [-0.39, 0.29) is 16.5 Å². The Morgan fingerprint density at radius 2 is 1.58 bits per heavy atom. The molecular weight excluding hydrogens is 425 g/mol. The zero-order valence-electron chi connectivity index (χ0n) is 16.3. The van der Waals surface area contributed by atoms with Gasteiger partial charge >= 0.3 is 6.18 Å². The molecule has 0 aliphatic rings. The molecule has 0 saturated heterocycles. The Kier molecular flexibility index (Phi) is 5.36. The summed E-state index contributed by atoms with van der Waals surface area (Å²) >= 11 is 0. The maximum Gasteiger partial charge on any atom is 0.416 e. The number of hydrogen-bond donors (Lipinski definition) is 2. The number of H-pyrrole nitrogens is 1. The molecule has 160 valence electrons. The number of aromatic amines is 1. The normalized spacial score (nSPS) is 12.4. The summed E-state index contributed by atoms with van der Waals surface area (Å²) in [6.07, 6.45) is -4.15. The average molecular weight is 444 g/mol. The van der Waals surface area contributed by atoms with Crippen molar-refractivity contribution in [2.45, 2.75) is 22.5 Å². The SMILES string of the molecule is NCCc1c(S(=O)(=O)c2ccccc2)[nH]c2ccc(-c3cccc(C(F)(F)F)c3)cc12. The quantitative estimate of drug-likeness (QED) is 0.445. The lowest BCUT2D eigenvalue weighted by molar-refractivity contribution is -0.137.